The van der Waals surface area contributed by atoms with Gasteiger partial charge in [0.15, 0.2) is 10.8 Å². The third-order valence-electron chi connectivity index (χ3n) is 4.67. The number of carbonyl (C=O) groups is 1. The van der Waals surface area contributed by atoms with Crippen molar-refractivity contribution in [3.8, 4) is 0 Å². The highest BCUT2D eigenvalue weighted by molar-refractivity contribution is 7.22. The number of rotatable bonds is 8. The number of carbonyl (C=O) groups excluding carboxylic acids is 1. The Bertz CT molecular complexity index is 950. The minimum absolute atomic E-state index is 0. The largest absolute Gasteiger partial charge is 0.309 e. The van der Waals surface area contributed by atoms with E-state index in [-0.39, 0.29) is 24.4 Å². The van der Waals surface area contributed by atoms with E-state index in [0.29, 0.717) is 12.2 Å². The van der Waals surface area contributed by atoms with Crippen LogP contribution in [0, 0.1) is 0 Å². The first kappa shape index (κ1) is 23.3. The Morgan fingerprint density at radius 2 is 1.97 bits per heavy atom. The average molecular weight is 436 g/mol. The SMILES string of the molecule is CCc1ccc2nc(N(CCCN(C)C)C(=O)c3ccn(C(C)C)n3)sc2c1.Cl. The molecule has 3 rings (SSSR count). The quantitative estimate of drug-likeness (QED) is 0.516. The Hall–Kier alpha value is -1.96. The number of amides is 1. The van der Waals surface area contributed by atoms with Crippen LogP contribution in [0.1, 0.15) is 49.3 Å². The molecule has 2 aromatic heterocycles. The summed E-state index contributed by atoms with van der Waals surface area (Å²) >= 11 is 1.58. The third kappa shape index (κ3) is 5.56. The number of fused-ring (bicyclic) bond motifs is 1. The standard InChI is InChI=1S/C21H29N5OS.ClH/c1-6-16-8-9-17-19(14-16)28-21(22-17)25(12-7-11-24(4)5)20(27)18-10-13-26(23-18)15(2)3;/h8-10,13-15H,6-7,11-12H2,1-5H3;1H. The Balaban J connectivity index is 0.00000300. The van der Waals surface area contributed by atoms with Gasteiger partial charge in [-0.3, -0.25) is 14.4 Å². The first-order valence-electron chi connectivity index (χ1n) is 9.80. The molecule has 0 saturated heterocycles. The minimum Gasteiger partial charge on any atom is -0.309 e. The van der Waals surface area contributed by atoms with Crippen molar-refractivity contribution in [3.05, 3.63) is 41.7 Å². The van der Waals surface area contributed by atoms with Crippen molar-refractivity contribution >= 4 is 45.0 Å². The van der Waals surface area contributed by atoms with Gasteiger partial charge in [-0.05, 0) is 71.1 Å². The van der Waals surface area contributed by atoms with Gasteiger partial charge in [-0.25, -0.2) is 4.98 Å². The van der Waals surface area contributed by atoms with Gasteiger partial charge in [0.25, 0.3) is 5.91 Å². The van der Waals surface area contributed by atoms with E-state index in [0.717, 1.165) is 34.7 Å². The molecule has 0 fully saturated rings. The highest BCUT2D eigenvalue weighted by Crippen LogP contribution is 2.30. The van der Waals surface area contributed by atoms with Crippen molar-refractivity contribution in [2.24, 2.45) is 0 Å². The van der Waals surface area contributed by atoms with Crippen molar-refractivity contribution in [1.29, 1.82) is 0 Å². The maximum atomic E-state index is 13.3. The molecule has 0 atom stereocenters. The van der Waals surface area contributed by atoms with Gasteiger partial charge in [0.2, 0.25) is 0 Å². The first-order chi connectivity index (χ1) is 13.4. The smallest absolute Gasteiger partial charge is 0.280 e. The topological polar surface area (TPSA) is 54.3 Å². The zero-order valence-electron chi connectivity index (χ0n) is 17.8. The fourth-order valence-corrected chi connectivity index (χ4v) is 4.05. The fourth-order valence-electron chi connectivity index (χ4n) is 3.00. The molecule has 6 nitrogen and oxygen atoms in total. The number of aryl methyl sites for hydroxylation is 1. The van der Waals surface area contributed by atoms with Gasteiger partial charge >= 0.3 is 0 Å². The Labute approximate surface area is 182 Å². The summed E-state index contributed by atoms with van der Waals surface area (Å²) in [6.45, 7) is 7.77. The number of anilines is 1. The second kappa shape index (κ2) is 10.2. The van der Waals surface area contributed by atoms with Gasteiger partial charge in [-0.15, -0.1) is 12.4 Å². The van der Waals surface area contributed by atoms with Crippen LogP contribution in [0.25, 0.3) is 10.2 Å². The van der Waals surface area contributed by atoms with Gasteiger partial charge in [0.1, 0.15) is 0 Å². The van der Waals surface area contributed by atoms with Crippen LogP contribution in [0.15, 0.2) is 30.5 Å². The molecular formula is C21H30ClN5OS. The van der Waals surface area contributed by atoms with Gasteiger partial charge in [0, 0.05) is 18.8 Å². The summed E-state index contributed by atoms with van der Waals surface area (Å²) in [4.78, 5) is 21.9. The molecule has 0 N–H and O–H groups in total. The maximum absolute atomic E-state index is 13.3. The number of hydrogen-bond acceptors (Lipinski definition) is 5. The molecule has 0 aliphatic heterocycles. The molecule has 1 amide bonds. The summed E-state index contributed by atoms with van der Waals surface area (Å²) in [6.07, 6.45) is 3.73. The van der Waals surface area contributed by atoms with Crippen molar-refractivity contribution in [3.63, 3.8) is 0 Å². The number of halogens is 1. The van der Waals surface area contributed by atoms with Crippen LogP contribution in [-0.2, 0) is 6.42 Å². The number of nitrogens with zero attached hydrogens (tertiary/aromatic N) is 5. The van der Waals surface area contributed by atoms with E-state index in [4.69, 9.17) is 4.98 Å². The zero-order valence-corrected chi connectivity index (χ0v) is 19.4. The molecule has 0 bridgehead atoms. The maximum Gasteiger partial charge on any atom is 0.280 e. The normalized spacial score (nSPS) is 11.3. The van der Waals surface area contributed by atoms with Crippen LogP contribution < -0.4 is 4.90 Å². The van der Waals surface area contributed by atoms with Crippen LogP contribution in [0.2, 0.25) is 0 Å². The molecule has 0 saturated carbocycles. The van der Waals surface area contributed by atoms with Gasteiger partial charge < -0.3 is 4.90 Å². The molecule has 2 heterocycles. The van der Waals surface area contributed by atoms with Crippen LogP contribution in [0.4, 0.5) is 5.13 Å². The monoisotopic (exact) mass is 435 g/mol. The summed E-state index contributed by atoms with van der Waals surface area (Å²) in [7, 11) is 4.08. The van der Waals surface area contributed by atoms with Gasteiger partial charge in [-0.2, -0.15) is 5.10 Å². The molecule has 8 heteroatoms. The Kier molecular flexibility index (Phi) is 8.19. The molecule has 0 aliphatic carbocycles. The van der Waals surface area contributed by atoms with E-state index < -0.39 is 0 Å². The van der Waals surface area contributed by atoms with E-state index in [1.165, 1.54) is 5.56 Å². The molecular weight excluding hydrogens is 406 g/mol. The summed E-state index contributed by atoms with van der Waals surface area (Å²) in [5, 5.41) is 5.21. The molecule has 0 unspecified atom stereocenters. The third-order valence-corrected chi connectivity index (χ3v) is 5.71. The Morgan fingerprint density at radius 3 is 2.59 bits per heavy atom. The molecule has 29 heavy (non-hydrogen) atoms. The average Bonchev–Trinajstić information content (AvgIpc) is 3.30. The fraction of sp³-hybridized carbons (Fsp3) is 0.476. The zero-order chi connectivity index (χ0) is 20.3. The van der Waals surface area contributed by atoms with Crippen molar-refractivity contribution in [2.45, 2.75) is 39.7 Å². The van der Waals surface area contributed by atoms with Crippen LogP contribution in [-0.4, -0.2) is 52.8 Å². The molecule has 158 valence electrons. The first-order valence-corrected chi connectivity index (χ1v) is 10.6. The van der Waals surface area contributed by atoms with E-state index in [1.54, 1.807) is 22.3 Å². The molecule has 0 radical (unpaired) electrons. The Morgan fingerprint density at radius 1 is 1.21 bits per heavy atom. The summed E-state index contributed by atoms with van der Waals surface area (Å²) in [5.41, 5.74) is 2.69. The van der Waals surface area contributed by atoms with E-state index in [2.05, 4.69) is 42.9 Å². The van der Waals surface area contributed by atoms with Crippen LogP contribution in [0.3, 0.4) is 0 Å². The lowest BCUT2D eigenvalue weighted by molar-refractivity contribution is 0.0980. The van der Waals surface area contributed by atoms with Gasteiger partial charge in [0.05, 0.1) is 10.2 Å². The van der Waals surface area contributed by atoms with Crippen LogP contribution in [0.5, 0.6) is 0 Å². The predicted molar refractivity (Wildman–Crippen MR) is 124 cm³/mol. The van der Waals surface area contributed by atoms with Crippen molar-refractivity contribution in [1.82, 2.24) is 19.7 Å². The van der Waals surface area contributed by atoms with Gasteiger partial charge in [-0.1, -0.05) is 24.3 Å². The number of thiazole rings is 1. The van der Waals surface area contributed by atoms with Crippen molar-refractivity contribution in [2.75, 3.05) is 32.1 Å². The highest BCUT2D eigenvalue weighted by atomic mass is 35.5. The summed E-state index contributed by atoms with van der Waals surface area (Å²) in [5.74, 6) is -0.0899. The molecule has 0 aliphatic rings. The lowest BCUT2D eigenvalue weighted by atomic mass is 10.2. The lowest BCUT2D eigenvalue weighted by Crippen LogP contribution is -2.33. The van der Waals surface area contributed by atoms with E-state index in [1.807, 2.05) is 31.0 Å². The number of aromatic nitrogens is 3. The second-order valence-electron chi connectivity index (χ2n) is 7.54. The number of hydrogen-bond donors (Lipinski definition) is 0. The van der Waals surface area contributed by atoms with E-state index in [9.17, 15) is 4.79 Å². The molecule has 3 aromatic rings. The molecule has 0 spiro atoms. The summed E-state index contributed by atoms with van der Waals surface area (Å²) in [6, 6.07) is 8.34. The minimum atomic E-state index is -0.0899. The lowest BCUT2D eigenvalue weighted by Gasteiger charge is -2.20. The predicted octanol–water partition coefficient (Wildman–Crippen LogP) is 4.66. The van der Waals surface area contributed by atoms with Crippen LogP contribution >= 0.6 is 23.7 Å². The van der Waals surface area contributed by atoms with E-state index >= 15 is 0 Å². The van der Waals surface area contributed by atoms with Crippen molar-refractivity contribution < 1.29 is 4.79 Å². The number of benzene rings is 1. The second-order valence-corrected chi connectivity index (χ2v) is 8.55. The highest BCUT2D eigenvalue weighted by Gasteiger charge is 2.23. The molecule has 1 aromatic carbocycles. The summed E-state index contributed by atoms with van der Waals surface area (Å²) < 4.78 is 2.93.